The molecule has 2 aliphatic heterocycles. The van der Waals surface area contributed by atoms with Gasteiger partial charge in [0.1, 0.15) is 12.4 Å². The van der Waals surface area contributed by atoms with Gasteiger partial charge in [0.25, 0.3) is 17.1 Å². The number of likely N-dealkylation sites (tertiary alicyclic amines) is 1. The first kappa shape index (κ1) is 26.0. The Hall–Kier alpha value is -4.30. The number of benzene rings is 3. The van der Waals surface area contributed by atoms with E-state index in [1.807, 2.05) is 83.9 Å². The fourth-order valence-electron chi connectivity index (χ4n) is 5.17. The summed E-state index contributed by atoms with van der Waals surface area (Å²) in [6.45, 7) is 2.68. The van der Waals surface area contributed by atoms with Gasteiger partial charge in [-0.3, -0.25) is 19.7 Å². The lowest BCUT2D eigenvalue weighted by molar-refractivity contribution is -0.115. The molecule has 3 heterocycles. The molecule has 40 heavy (non-hydrogen) atoms. The Morgan fingerprint density at radius 3 is 2.42 bits per heavy atom. The summed E-state index contributed by atoms with van der Waals surface area (Å²) in [5.41, 5.74) is 4.63. The Balaban J connectivity index is 1.28. The summed E-state index contributed by atoms with van der Waals surface area (Å²) in [6, 6.07) is 23.7. The number of imide groups is 1. The van der Waals surface area contributed by atoms with Crippen LogP contribution in [0.25, 0.3) is 17.0 Å². The van der Waals surface area contributed by atoms with Crippen molar-refractivity contribution in [2.75, 3.05) is 13.1 Å². The van der Waals surface area contributed by atoms with Crippen LogP contribution in [0.4, 0.5) is 4.79 Å². The highest BCUT2D eigenvalue weighted by Gasteiger charge is 2.25. The van der Waals surface area contributed by atoms with E-state index in [0.29, 0.717) is 29.4 Å². The van der Waals surface area contributed by atoms with Gasteiger partial charge in [-0.15, -0.1) is 0 Å². The molecule has 3 amide bonds. The van der Waals surface area contributed by atoms with Gasteiger partial charge in [-0.1, -0.05) is 42.5 Å². The number of ether oxygens (including phenoxy) is 1. The monoisotopic (exact) mass is 551 g/mol. The number of carbonyl (C=O) groups is 3. The van der Waals surface area contributed by atoms with Crippen molar-refractivity contribution in [2.45, 2.75) is 32.4 Å². The van der Waals surface area contributed by atoms with Crippen molar-refractivity contribution in [1.29, 1.82) is 0 Å². The van der Waals surface area contributed by atoms with Crippen LogP contribution < -0.4 is 10.1 Å². The summed E-state index contributed by atoms with van der Waals surface area (Å²) in [5.74, 6) is 0.423. The number of hydrogen-bond donors (Lipinski definition) is 1. The fourth-order valence-corrected chi connectivity index (χ4v) is 5.84. The van der Waals surface area contributed by atoms with Crippen LogP contribution in [0.15, 0.2) is 83.9 Å². The normalized spacial score (nSPS) is 16.5. The second-order valence-electron chi connectivity index (χ2n) is 10.1. The molecule has 0 bridgehead atoms. The quantitative estimate of drug-likeness (QED) is 0.276. The zero-order valence-electron chi connectivity index (χ0n) is 22.0. The maximum atomic E-state index is 12.9. The first-order chi connectivity index (χ1) is 19.5. The molecule has 8 heteroatoms. The van der Waals surface area contributed by atoms with Crippen molar-refractivity contribution in [3.63, 3.8) is 0 Å². The molecule has 202 valence electrons. The molecule has 0 spiro atoms. The number of piperidine rings is 1. The van der Waals surface area contributed by atoms with E-state index in [9.17, 15) is 14.4 Å². The molecule has 3 aromatic carbocycles. The first-order valence-corrected chi connectivity index (χ1v) is 14.3. The van der Waals surface area contributed by atoms with Crippen LogP contribution in [0.1, 0.15) is 46.3 Å². The number of thioether (sulfide) groups is 1. The van der Waals surface area contributed by atoms with Gasteiger partial charge in [-0.25, -0.2) is 0 Å². The largest absolute Gasteiger partial charge is 0.489 e. The van der Waals surface area contributed by atoms with E-state index in [4.69, 9.17) is 4.74 Å². The highest BCUT2D eigenvalue weighted by Crippen LogP contribution is 2.32. The summed E-state index contributed by atoms with van der Waals surface area (Å²) in [4.78, 5) is 39.2. The van der Waals surface area contributed by atoms with E-state index in [1.54, 1.807) is 6.08 Å². The van der Waals surface area contributed by atoms with Crippen molar-refractivity contribution in [1.82, 2.24) is 14.8 Å². The highest BCUT2D eigenvalue weighted by molar-refractivity contribution is 8.18. The number of nitrogens with zero attached hydrogens (tertiary/aromatic N) is 2. The zero-order chi connectivity index (χ0) is 27.5. The topological polar surface area (TPSA) is 80.6 Å². The first-order valence-electron chi connectivity index (χ1n) is 13.5. The smallest absolute Gasteiger partial charge is 0.290 e. The average Bonchev–Trinajstić information content (AvgIpc) is 3.49. The summed E-state index contributed by atoms with van der Waals surface area (Å²) in [7, 11) is 0. The van der Waals surface area contributed by atoms with Crippen LogP contribution in [0, 0.1) is 0 Å². The number of amides is 3. The van der Waals surface area contributed by atoms with Gasteiger partial charge in [0.05, 0.1) is 4.91 Å². The summed E-state index contributed by atoms with van der Waals surface area (Å²) in [6.07, 6.45) is 7.06. The summed E-state index contributed by atoms with van der Waals surface area (Å²) in [5, 5.41) is 2.87. The van der Waals surface area contributed by atoms with Crippen LogP contribution in [0.3, 0.4) is 0 Å². The van der Waals surface area contributed by atoms with Crippen LogP contribution in [-0.2, 0) is 17.9 Å². The minimum atomic E-state index is -0.388. The molecular weight excluding hydrogens is 522 g/mol. The molecule has 7 nitrogen and oxygen atoms in total. The lowest BCUT2D eigenvalue weighted by Crippen LogP contribution is -2.35. The van der Waals surface area contributed by atoms with E-state index >= 15 is 0 Å². The van der Waals surface area contributed by atoms with E-state index in [1.165, 1.54) is 6.42 Å². The molecule has 1 N–H and O–H groups in total. The third-order valence-electron chi connectivity index (χ3n) is 7.26. The highest BCUT2D eigenvalue weighted by atomic mass is 32.2. The van der Waals surface area contributed by atoms with Crippen LogP contribution >= 0.6 is 11.8 Å². The Morgan fingerprint density at radius 2 is 1.70 bits per heavy atom. The van der Waals surface area contributed by atoms with Gasteiger partial charge < -0.3 is 14.2 Å². The molecule has 0 atom stereocenters. The number of nitrogens with one attached hydrogen (secondary N) is 1. The number of hydrogen-bond acceptors (Lipinski definition) is 5. The Kier molecular flexibility index (Phi) is 7.42. The number of fused-ring (bicyclic) bond motifs is 1. The third kappa shape index (κ3) is 5.67. The van der Waals surface area contributed by atoms with Crippen LogP contribution in [0.5, 0.6) is 5.75 Å². The van der Waals surface area contributed by atoms with Gasteiger partial charge in [0, 0.05) is 47.9 Å². The van der Waals surface area contributed by atoms with Crippen LogP contribution in [-0.4, -0.2) is 39.6 Å². The minimum Gasteiger partial charge on any atom is -0.489 e. The Morgan fingerprint density at radius 1 is 0.925 bits per heavy atom. The molecule has 6 rings (SSSR count). The second-order valence-corrected chi connectivity index (χ2v) is 11.1. The maximum absolute atomic E-state index is 12.9. The molecule has 1 aromatic heterocycles. The number of carbonyl (C=O) groups excluding carboxylic acids is 3. The Bertz CT molecular complexity index is 1600. The van der Waals surface area contributed by atoms with Crippen molar-refractivity contribution in [2.24, 2.45) is 0 Å². The van der Waals surface area contributed by atoms with Gasteiger partial charge in [-0.05, 0) is 78.6 Å². The molecule has 0 aliphatic carbocycles. The predicted molar refractivity (Wildman–Crippen MR) is 157 cm³/mol. The van der Waals surface area contributed by atoms with E-state index < -0.39 is 0 Å². The second kappa shape index (κ2) is 11.4. The molecular formula is C32H29N3O4S. The van der Waals surface area contributed by atoms with Crippen LogP contribution in [0.2, 0.25) is 0 Å². The molecule has 4 aromatic rings. The summed E-state index contributed by atoms with van der Waals surface area (Å²) < 4.78 is 8.19. The maximum Gasteiger partial charge on any atom is 0.290 e. The molecule has 0 saturated carbocycles. The summed E-state index contributed by atoms with van der Waals surface area (Å²) >= 11 is 0.903. The Labute approximate surface area is 236 Å². The van der Waals surface area contributed by atoms with E-state index in [2.05, 4.69) is 9.88 Å². The van der Waals surface area contributed by atoms with Crippen molar-refractivity contribution in [3.8, 4) is 5.75 Å². The van der Waals surface area contributed by atoms with Crippen molar-refractivity contribution >= 4 is 45.8 Å². The van der Waals surface area contributed by atoms with Gasteiger partial charge in [0.15, 0.2) is 0 Å². The van der Waals surface area contributed by atoms with Gasteiger partial charge in [0.2, 0.25) is 0 Å². The molecule has 0 radical (unpaired) electrons. The lowest BCUT2D eigenvalue weighted by Gasteiger charge is -2.26. The van der Waals surface area contributed by atoms with Crippen molar-refractivity contribution < 1.29 is 19.1 Å². The standard InChI is InChI=1S/C32H29N3O4S/c36-30-29(40-32(38)33-30)17-25-20-35(19-22-9-11-24(12-10-22)31(37)34-15-5-2-6-16-34)28-14-13-26(18-27(25)28)39-21-23-7-3-1-4-8-23/h1,3-4,7-14,17-18,20H,2,5-6,15-16,19,21H2,(H,33,36,38)/b29-17-. The molecule has 2 aliphatic rings. The average molecular weight is 552 g/mol. The fraction of sp³-hybridized carbons (Fsp3) is 0.219. The van der Waals surface area contributed by atoms with Crippen molar-refractivity contribution in [3.05, 3.63) is 106 Å². The van der Waals surface area contributed by atoms with Gasteiger partial charge in [-0.2, -0.15) is 0 Å². The van der Waals surface area contributed by atoms with Gasteiger partial charge >= 0.3 is 0 Å². The zero-order valence-corrected chi connectivity index (χ0v) is 22.8. The SMILES string of the molecule is O=C1NC(=O)/C(=C/c2cn(Cc3ccc(C(=O)N4CCCCC4)cc3)c3ccc(OCc4ccccc4)cc23)S1. The minimum absolute atomic E-state index is 0.0940. The molecule has 0 unspecified atom stereocenters. The molecule has 2 fully saturated rings. The lowest BCUT2D eigenvalue weighted by atomic mass is 10.1. The van der Waals surface area contributed by atoms with E-state index in [0.717, 1.165) is 65.3 Å². The third-order valence-corrected chi connectivity index (χ3v) is 8.07. The number of aromatic nitrogens is 1. The predicted octanol–water partition coefficient (Wildman–Crippen LogP) is 6.22. The molecule has 2 saturated heterocycles. The number of rotatable bonds is 7. The van der Waals surface area contributed by atoms with E-state index in [-0.39, 0.29) is 17.1 Å².